The molecule has 2 aromatic rings. The second-order valence-corrected chi connectivity index (χ2v) is 3.12. The summed E-state index contributed by atoms with van der Waals surface area (Å²) in [4.78, 5) is 11.1. The van der Waals surface area contributed by atoms with Gasteiger partial charge in [-0.1, -0.05) is 25.4 Å². The van der Waals surface area contributed by atoms with Gasteiger partial charge < -0.3 is 4.98 Å². The van der Waals surface area contributed by atoms with Gasteiger partial charge in [0.2, 0.25) is 0 Å². The summed E-state index contributed by atoms with van der Waals surface area (Å²) < 4.78 is 0. The third-order valence-electron chi connectivity index (χ3n) is 2.04. The quantitative estimate of drug-likeness (QED) is 0.680. The molecule has 76 valence electrons. The van der Waals surface area contributed by atoms with E-state index in [0.717, 1.165) is 22.3 Å². The van der Waals surface area contributed by atoms with Crippen LogP contribution < -0.4 is 0 Å². The lowest BCUT2D eigenvalue weighted by Gasteiger charge is -1.91. The van der Waals surface area contributed by atoms with Gasteiger partial charge in [-0.15, -0.1) is 0 Å². The number of H-pyrrole nitrogens is 1. The standard InChI is InChI=1S/C8H8ClN3.C2H6/c1-4-5(2)12-8-6(4)7(9)10-3-11-8;1-2/h3H,1-2H3,(H,10,11,12);1-2H3. The summed E-state index contributed by atoms with van der Waals surface area (Å²) in [5.74, 6) is 0. The second kappa shape index (κ2) is 4.42. The number of aromatic nitrogens is 3. The molecule has 0 fully saturated rings. The van der Waals surface area contributed by atoms with Crippen LogP contribution in [-0.2, 0) is 0 Å². The highest BCUT2D eigenvalue weighted by Gasteiger charge is 2.08. The smallest absolute Gasteiger partial charge is 0.142 e. The Labute approximate surface area is 88.5 Å². The Morgan fingerprint density at radius 3 is 2.43 bits per heavy atom. The van der Waals surface area contributed by atoms with Crippen LogP contribution in [0.3, 0.4) is 0 Å². The molecule has 0 spiro atoms. The highest BCUT2D eigenvalue weighted by atomic mass is 35.5. The molecule has 2 rings (SSSR count). The minimum absolute atomic E-state index is 0.516. The molecule has 3 nitrogen and oxygen atoms in total. The predicted octanol–water partition coefficient (Wildman–Crippen LogP) is 3.25. The van der Waals surface area contributed by atoms with E-state index in [1.807, 2.05) is 27.7 Å². The summed E-state index contributed by atoms with van der Waals surface area (Å²) >= 11 is 5.90. The largest absolute Gasteiger partial charge is 0.343 e. The summed E-state index contributed by atoms with van der Waals surface area (Å²) in [6.07, 6.45) is 1.46. The number of rotatable bonds is 0. The molecule has 1 N–H and O–H groups in total. The van der Waals surface area contributed by atoms with Crippen LogP contribution in [0.5, 0.6) is 0 Å². The molecular formula is C10H14ClN3. The molecule has 0 aliphatic heterocycles. The number of nitrogens with one attached hydrogen (secondary N) is 1. The van der Waals surface area contributed by atoms with Crippen molar-refractivity contribution in [3.05, 3.63) is 22.7 Å². The van der Waals surface area contributed by atoms with E-state index in [-0.39, 0.29) is 0 Å². The van der Waals surface area contributed by atoms with Crippen molar-refractivity contribution >= 4 is 22.6 Å². The van der Waals surface area contributed by atoms with Crippen LogP contribution in [0, 0.1) is 13.8 Å². The van der Waals surface area contributed by atoms with Crippen LogP contribution in [0.25, 0.3) is 11.0 Å². The first-order valence-corrected chi connectivity index (χ1v) is 5.03. The molecule has 0 aliphatic rings. The Kier molecular flexibility index (Phi) is 3.47. The lowest BCUT2D eigenvalue weighted by molar-refractivity contribution is 1.18. The summed E-state index contributed by atoms with van der Waals surface area (Å²) in [6, 6.07) is 0. The molecular weight excluding hydrogens is 198 g/mol. The van der Waals surface area contributed by atoms with E-state index in [1.54, 1.807) is 0 Å². The molecule has 0 saturated carbocycles. The van der Waals surface area contributed by atoms with E-state index in [0.29, 0.717) is 5.15 Å². The number of hydrogen-bond acceptors (Lipinski definition) is 2. The molecule has 0 unspecified atom stereocenters. The molecule has 2 aromatic heterocycles. The molecule has 0 aromatic carbocycles. The molecule has 0 aliphatic carbocycles. The van der Waals surface area contributed by atoms with Crippen molar-refractivity contribution in [3.63, 3.8) is 0 Å². The van der Waals surface area contributed by atoms with Crippen LogP contribution in [0.4, 0.5) is 0 Å². The maximum atomic E-state index is 5.90. The molecule has 4 heteroatoms. The van der Waals surface area contributed by atoms with Gasteiger partial charge in [-0.3, -0.25) is 0 Å². The van der Waals surface area contributed by atoms with E-state index < -0.39 is 0 Å². The Balaban J connectivity index is 0.000000461. The first-order chi connectivity index (χ1) is 6.70. The third-order valence-corrected chi connectivity index (χ3v) is 2.33. The topological polar surface area (TPSA) is 41.6 Å². The van der Waals surface area contributed by atoms with Gasteiger partial charge in [-0.2, -0.15) is 0 Å². The van der Waals surface area contributed by atoms with Crippen molar-refractivity contribution in [2.45, 2.75) is 27.7 Å². The number of halogens is 1. The van der Waals surface area contributed by atoms with Crippen molar-refractivity contribution in [1.29, 1.82) is 0 Å². The van der Waals surface area contributed by atoms with Crippen LogP contribution in [0.2, 0.25) is 5.15 Å². The maximum Gasteiger partial charge on any atom is 0.142 e. The number of aryl methyl sites for hydroxylation is 2. The van der Waals surface area contributed by atoms with Gasteiger partial charge in [0.1, 0.15) is 17.1 Å². The molecule has 2 heterocycles. The summed E-state index contributed by atoms with van der Waals surface area (Å²) in [5, 5.41) is 1.44. The van der Waals surface area contributed by atoms with Crippen LogP contribution >= 0.6 is 11.6 Å². The minimum atomic E-state index is 0.516. The highest BCUT2D eigenvalue weighted by molar-refractivity contribution is 6.34. The van der Waals surface area contributed by atoms with Gasteiger partial charge in [-0.25, -0.2) is 9.97 Å². The zero-order chi connectivity index (χ0) is 10.7. The molecule has 0 bridgehead atoms. The SMILES string of the molecule is CC.Cc1[nH]c2ncnc(Cl)c2c1C. The van der Waals surface area contributed by atoms with E-state index in [1.165, 1.54) is 6.33 Å². The van der Waals surface area contributed by atoms with E-state index >= 15 is 0 Å². The lowest BCUT2D eigenvalue weighted by atomic mass is 10.2. The van der Waals surface area contributed by atoms with Gasteiger partial charge >= 0.3 is 0 Å². The minimum Gasteiger partial charge on any atom is -0.343 e. The summed E-state index contributed by atoms with van der Waals surface area (Å²) in [5.41, 5.74) is 3.02. The van der Waals surface area contributed by atoms with Crippen molar-refractivity contribution in [3.8, 4) is 0 Å². The van der Waals surface area contributed by atoms with E-state index in [9.17, 15) is 0 Å². The summed E-state index contributed by atoms with van der Waals surface area (Å²) in [6.45, 7) is 8.00. The fourth-order valence-electron chi connectivity index (χ4n) is 1.25. The van der Waals surface area contributed by atoms with Crippen molar-refractivity contribution < 1.29 is 0 Å². The average Bonchev–Trinajstić information content (AvgIpc) is 2.47. The zero-order valence-electron chi connectivity index (χ0n) is 8.85. The first kappa shape index (κ1) is 11.0. The molecule has 0 radical (unpaired) electrons. The van der Waals surface area contributed by atoms with Gasteiger partial charge in [0.05, 0.1) is 5.39 Å². The lowest BCUT2D eigenvalue weighted by Crippen LogP contribution is -1.80. The predicted molar refractivity (Wildman–Crippen MR) is 59.7 cm³/mol. The summed E-state index contributed by atoms with van der Waals surface area (Å²) in [7, 11) is 0. The fraction of sp³-hybridized carbons (Fsp3) is 0.400. The Bertz CT molecular complexity index is 434. The van der Waals surface area contributed by atoms with Crippen LogP contribution in [0.15, 0.2) is 6.33 Å². The number of fused-ring (bicyclic) bond motifs is 1. The monoisotopic (exact) mass is 211 g/mol. The highest BCUT2D eigenvalue weighted by Crippen LogP contribution is 2.24. The maximum absolute atomic E-state index is 5.90. The number of nitrogens with zero attached hydrogens (tertiary/aromatic N) is 2. The zero-order valence-corrected chi connectivity index (χ0v) is 9.61. The molecule has 14 heavy (non-hydrogen) atoms. The van der Waals surface area contributed by atoms with Crippen LogP contribution in [-0.4, -0.2) is 15.0 Å². The van der Waals surface area contributed by atoms with E-state index in [4.69, 9.17) is 11.6 Å². The third kappa shape index (κ3) is 1.73. The van der Waals surface area contributed by atoms with E-state index in [2.05, 4.69) is 15.0 Å². The van der Waals surface area contributed by atoms with Gasteiger partial charge in [0.25, 0.3) is 0 Å². The van der Waals surface area contributed by atoms with Gasteiger partial charge in [0, 0.05) is 5.69 Å². The van der Waals surface area contributed by atoms with Crippen molar-refractivity contribution in [2.75, 3.05) is 0 Å². The Morgan fingerprint density at radius 1 is 1.21 bits per heavy atom. The average molecular weight is 212 g/mol. The Hall–Kier alpha value is -1.09. The molecule has 0 atom stereocenters. The fourth-order valence-corrected chi connectivity index (χ4v) is 1.52. The van der Waals surface area contributed by atoms with Crippen molar-refractivity contribution in [2.24, 2.45) is 0 Å². The second-order valence-electron chi connectivity index (χ2n) is 2.76. The van der Waals surface area contributed by atoms with Crippen molar-refractivity contribution in [1.82, 2.24) is 15.0 Å². The van der Waals surface area contributed by atoms with Crippen LogP contribution in [0.1, 0.15) is 25.1 Å². The molecule has 0 amide bonds. The van der Waals surface area contributed by atoms with Gasteiger partial charge in [0.15, 0.2) is 0 Å². The Morgan fingerprint density at radius 2 is 1.86 bits per heavy atom. The van der Waals surface area contributed by atoms with Gasteiger partial charge in [-0.05, 0) is 19.4 Å². The molecule has 0 saturated heterocycles. The number of aromatic amines is 1. The first-order valence-electron chi connectivity index (χ1n) is 4.65. The normalized spacial score (nSPS) is 9.79. The number of hydrogen-bond donors (Lipinski definition) is 1.